The van der Waals surface area contributed by atoms with Gasteiger partial charge >= 0.3 is 0 Å². The molecule has 1 unspecified atom stereocenters. The first kappa shape index (κ1) is 15.5. The van der Waals surface area contributed by atoms with Gasteiger partial charge in [-0.1, -0.05) is 52.4 Å². The molecule has 0 rings (SSSR count). The Kier molecular flexibility index (Phi) is 12.2. The van der Waals surface area contributed by atoms with Crippen LogP contribution in [0.15, 0.2) is 0 Å². The molecule has 0 aliphatic heterocycles. The number of hydrogen-bond acceptors (Lipinski definition) is 1. The van der Waals surface area contributed by atoms with Crippen molar-refractivity contribution in [1.29, 1.82) is 0 Å². The lowest BCUT2D eigenvalue weighted by Crippen LogP contribution is -2.28. The van der Waals surface area contributed by atoms with E-state index in [2.05, 4.69) is 25.1 Å². The molecule has 16 heavy (non-hydrogen) atoms. The van der Waals surface area contributed by atoms with Crippen LogP contribution in [0.3, 0.4) is 0 Å². The smallest absolute Gasteiger partial charge is 0.0101 e. The van der Waals surface area contributed by atoms with Crippen LogP contribution in [0.4, 0.5) is 0 Å². The first-order valence-corrected chi connectivity index (χ1v) is 7.02. The second-order valence-electron chi connectivity index (χ2n) is 4.55. The Morgan fingerprint density at radius 3 is 2.31 bits per heavy atom. The number of nitrogens with one attached hydrogen (secondary N) is 1. The van der Waals surface area contributed by atoms with Gasteiger partial charge in [0.25, 0.3) is 0 Å². The van der Waals surface area contributed by atoms with Crippen LogP contribution < -0.4 is 5.32 Å². The molecule has 1 nitrogen and oxygen atoms in total. The molecule has 94 valence electrons. The number of unbranched alkanes of at least 4 members (excludes halogenated alkanes) is 5. The van der Waals surface area contributed by atoms with E-state index in [0.29, 0.717) is 6.04 Å². The molecule has 0 aliphatic rings. The molecule has 0 radical (unpaired) electrons. The first-order valence-electron chi connectivity index (χ1n) is 7.02. The third-order valence-corrected chi connectivity index (χ3v) is 3.04. The van der Waals surface area contributed by atoms with E-state index in [1.165, 1.54) is 44.9 Å². The average molecular weight is 223 g/mol. The van der Waals surface area contributed by atoms with Gasteiger partial charge in [0, 0.05) is 12.5 Å². The van der Waals surface area contributed by atoms with Crippen molar-refractivity contribution >= 4 is 0 Å². The van der Waals surface area contributed by atoms with Crippen molar-refractivity contribution in [3.05, 3.63) is 0 Å². The highest BCUT2D eigenvalue weighted by atomic mass is 14.9. The third-order valence-electron chi connectivity index (χ3n) is 3.04. The topological polar surface area (TPSA) is 12.0 Å². The average Bonchev–Trinajstić information content (AvgIpc) is 2.30. The van der Waals surface area contributed by atoms with Crippen molar-refractivity contribution in [3.63, 3.8) is 0 Å². The minimum absolute atomic E-state index is 0.646. The van der Waals surface area contributed by atoms with E-state index in [4.69, 9.17) is 6.42 Å². The van der Waals surface area contributed by atoms with E-state index in [0.717, 1.165) is 19.4 Å². The van der Waals surface area contributed by atoms with Crippen LogP contribution in [-0.2, 0) is 0 Å². The zero-order valence-electron chi connectivity index (χ0n) is 11.2. The summed E-state index contributed by atoms with van der Waals surface area (Å²) in [7, 11) is 0. The lowest BCUT2D eigenvalue weighted by molar-refractivity contribution is 0.443. The molecule has 0 aromatic heterocycles. The van der Waals surface area contributed by atoms with Crippen LogP contribution in [0.1, 0.15) is 71.6 Å². The van der Waals surface area contributed by atoms with Crippen molar-refractivity contribution in [2.75, 3.05) is 6.54 Å². The summed E-state index contributed by atoms with van der Waals surface area (Å²) in [6.07, 6.45) is 16.9. The number of hydrogen-bond donors (Lipinski definition) is 1. The normalized spacial score (nSPS) is 12.3. The maximum Gasteiger partial charge on any atom is 0.0101 e. The summed E-state index contributed by atoms with van der Waals surface area (Å²) in [6, 6.07) is 0.646. The summed E-state index contributed by atoms with van der Waals surface area (Å²) in [5.74, 6) is 2.73. The highest BCUT2D eigenvalue weighted by molar-refractivity contribution is 4.85. The summed E-state index contributed by atoms with van der Waals surface area (Å²) in [4.78, 5) is 0. The highest BCUT2D eigenvalue weighted by Gasteiger charge is 2.05. The molecule has 0 saturated heterocycles. The summed E-state index contributed by atoms with van der Waals surface area (Å²) < 4.78 is 0. The maximum absolute atomic E-state index is 5.30. The van der Waals surface area contributed by atoms with Crippen molar-refractivity contribution in [1.82, 2.24) is 5.32 Å². The summed E-state index contributed by atoms with van der Waals surface area (Å²) in [6.45, 7) is 5.50. The lowest BCUT2D eigenvalue weighted by atomic mass is 10.0. The van der Waals surface area contributed by atoms with E-state index >= 15 is 0 Å². The van der Waals surface area contributed by atoms with Crippen molar-refractivity contribution in [3.8, 4) is 12.3 Å². The minimum Gasteiger partial charge on any atom is -0.314 e. The molecule has 0 heterocycles. The predicted octanol–water partition coefficient (Wildman–Crippen LogP) is 4.13. The van der Waals surface area contributed by atoms with Gasteiger partial charge < -0.3 is 5.32 Å². The molecule has 0 aliphatic carbocycles. The Morgan fingerprint density at radius 1 is 1.00 bits per heavy atom. The molecule has 0 fully saturated rings. The Bertz CT molecular complexity index is 169. The van der Waals surface area contributed by atoms with E-state index in [9.17, 15) is 0 Å². The maximum atomic E-state index is 5.30. The first-order chi connectivity index (χ1) is 7.85. The van der Waals surface area contributed by atoms with Gasteiger partial charge in [-0.2, -0.15) is 0 Å². The number of rotatable bonds is 11. The van der Waals surface area contributed by atoms with Crippen LogP contribution in [0.2, 0.25) is 0 Å². The van der Waals surface area contributed by atoms with E-state index in [-0.39, 0.29) is 0 Å². The summed E-state index contributed by atoms with van der Waals surface area (Å²) in [5.41, 5.74) is 0. The largest absolute Gasteiger partial charge is 0.314 e. The van der Waals surface area contributed by atoms with Gasteiger partial charge in [0.1, 0.15) is 0 Å². The highest BCUT2D eigenvalue weighted by Crippen LogP contribution is 2.11. The minimum atomic E-state index is 0.646. The van der Waals surface area contributed by atoms with Gasteiger partial charge in [-0.25, -0.2) is 0 Å². The molecule has 1 N–H and O–H groups in total. The lowest BCUT2D eigenvalue weighted by Gasteiger charge is -2.16. The molecule has 1 atom stereocenters. The zero-order chi connectivity index (χ0) is 12.1. The van der Waals surface area contributed by atoms with Gasteiger partial charge in [0.05, 0.1) is 0 Å². The molecule has 0 amide bonds. The van der Waals surface area contributed by atoms with E-state index < -0.39 is 0 Å². The van der Waals surface area contributed by atoms with E-state index in [1.54, 1.807) is 0 Å². The summed E-state index contributed by atoms with van der Waals surface area (Å²) >= 11 is 0. The summed E-state index contributed by atoms with van der Waals surface area (Å²) in [5, 5.41) is 3.52. The number of terminal acetylenes is 1. The van der Waals surface area contributed by atoms with Crippen molar-refractivity contribution in [2.24, 2.45) is 0 Å². The fourth-order valence-corrected chi connectivity index (χ4v) is 2.07. The molecule has 0 aromatic rings. The van der Waals surface area contributed by atoms with Crippen LogP contribution in [0.5, 0.6) is 0 Å². The Labute approximate surface area is 102 Å². The fraction of sp³-hybridized carbons (Fsp3) is 0.867. The molecular weight excluding hydrogens is 194 g/mol. The zero-order valence-corrected chi connectivity index (χ0v) is 11.2. The molecule has 0 aromatic carbocycles. The molecule has 1 heteroatoms. The third kappa shape index (κ3) is 10.1. The molecule has 0 bridgehead atoms. The van der Waals surface area contributed by atoms with Gasteiger partial charge in [-0.3, -0.25) is 0 Å². The van der Waals surface area contributed by atoms with Crippen LogP contribution >= 0.6 is 0 Å². The Morgan fingerprint density at radius 2 is 1.69 bits per heavy atom. The molecule has 0 spiro atoms. The van der Waals surface area contributed by atoms with Crippen molar-refractivity contribution < 1.29 is 0 Å². The monoisotopic (exact) mass is 223 g/mol. The predicted molar refractivity (Wildman–Crippen MR) is 73.5 cm³/mol. The Balaban J connectivity index is 3.40. The van der Waals surface area contributed by atoms with Gasteiger partial charge in [0.2, 0.25) is 0 Å². The quantitative estimate of drug-likeness (QED) is 0.410. The van der Waals surface area contributed by atoms with Crippen LogP contribution in [0.25, 0.3) is 0 Å². The van der Waals surface area contributed by atoms with Crippen molar-refractivity contribution in [2.45, 2.75) is 77.7 Å². The van der Waals surface area contributed by atoms with Gasteiger partial charge in [-0.05, 0) is 19.4 Å². The van der Waals surface area contributed by atoms with E-state index in [1.807, 2.05) is 0 Å². The SMILES string of the molecule is C#CCCC(CCCCCCCC)NCC. The van der Waals surface area contributed by atoms with Crippen LogP contribution in [-0.4, -0.2) is 12.6 Å². The van der Waals surface area contributed by atoms with Gasteiger partial charge in [-0.15, -0.1) is 12.3 Å². The Hall–Kier alpha value is -0.480. The standard InChI is InChI=1S/C15H29N/c1-4-7-9-10-11-12-14-15(16-6-3)13-8-5-2/h2,15-16H,4,6-14H2,1,3H3. The van der Waals surface area contributed by atoms with Crippen LogP contribution in [0, 0.1) is 12.3 Å². The second-order valence-corrected chi connectivity index (χ2v) is 4.55. The molecular formula is C15H29N. The second kappa shape index (κ2) is 12.6. The molecule has 0 saturated carbocycles. The van der Waals surface area contributed by atoms with Gasteiger partial charge in [0.15, 0.2) is 0 Å². The fourth-order valence-electron chi connectivity index (χ4n) is 2.07.